The van der Waals surface area contributed by atoms with Crippen LogP contribution in [0.5, 0.6) is 0 Å². The van der Waals surface area contributed by atoms with E-state index in [1.807, 2.05) is 18.2 Å². The largest absolute Gasteiger partial charge is 0.398 e. The first-order valence-electron chi connectivity index (χ1n) is 10.6. The van der Waals surface area contributed by atoms with Gasteiger partial charge in [0.05, 0.1) is 5.52 Å². The van der Waals surface area contributed by atoms with Gasteiger partial charge >= 0.3 is 0 Å². The zero-order chi connectivity index (χ0) is 18.1. The van der Waals surface area contributed by atoms with Crippen molar-refractivity contribution in [2.45, 2.75) is 50.6 Å². The van der Waals surface area contributed by atoms with Gasteiger partial charge in [-0.1, -0.05) is 11.6 Å². The van der Waals surface area contributed by atoms with Crippen LogP contribution in [-0.4, -0.2) is 41.6 Å². The number of hydrogen-bond acceptors (Lipinski definition) is 4. The lowest BCUT2D eigenvalue weighted by Crippen LogP contribution is -2.65. The first kappa shape index (κ1) is 16.4. The predicted octanol–water partition coefficient (Wildman–Crippen LogP) is 4.10. The molecule has 1 aromatic carbocycles. The van der Waals surface area contributed by atoms with Crippen LogP contribution in [0.1, 0.15) is 37.7 Å². The summed E-state index contributed by atoms with van der Waals surface area (Å²) in [5, 5.41) is 1.74. The third kappa shape index (κ3) is 2.35. The smallest absolute Gasteiger partial charge is 0.134 e. The van der Waals surface area contributed by atoms with Crippen molar-refractivity contribution in [2.24, 2.45) is 11.8 Å². The number of pyridine rings is 1. The molecule has 3 fully saturated rings. The van der Waals surface area contributed by atoms with Crippen molar-refractivity contribution < 1.29 is 0 Å². The van der Waals surface area contributed by atoms with E-state index < -0.39 is 0 Å². The van der Waals surface area contributed by atoms with Gasteiger partial charge in [-0.3, -0.25) is 4.90 Å². The van der Waals surface area contributed by atoms with Gasteiger partial charge in [-0.15, -0.1) is 0 Å². The molecule has 4 atom stereocenters. The molecule has 3 saturated heterocycles. The number of fused-ring (bicyclic) bond motifs is 5. The minimum atomic E-state index is 0.635. The zero-order valence-corrected chi connectivity index (χ0v) is 16.5. The first-order chi connectivity index (χ1) is 13.2. The van der Waals surface area contributed by atoms with Crippen LogP contribution in [0.2, 0.25) is 5.02 Å². The van der Waals surface area contributed by atoms with E-state index in [-0.39, 0.29) is 0 Å². The summed E-state index contributed by atoms with van der Waals surface area (Å²) in [6, 6.07) is 7.37. The van der Waals surface area contributed by atoms with Gasteiger partial charge < -0.3 is 10.6 Å². The number of benzene rings is 1. The van der Waals surface area contributed by atoms with E-state index in [1.165, 1.54) is 56.6 Å². The Morgan fingerprint density at radius 3 is 2.85 bits per heavy atom. The molecule has 0 aliphatic carbocycles. The normalized spacial score (nSPS) is 32.7. The van der Waals surface area contributed by atoms with Crippen LogP contribution in [-0.2, 0) is 6.42 Å². The summed E-state index contributed by atoms with van der Waals surface area (Å²) < 4.78 is 0. The average molecular weight is 383 g/mol. The van der Waals surface area contributed by atoms with Crippen molar-refractivity contribution in [3.63, 3.8) is 0 Å². The molecule has 27 heavy (non-hydrogen) atoms. The minimum absolute atomic E-state index is 0.635. The summed E-state index contributed by atoms with van der Waals surface area (Å²) >= 11 is 6.22. The highest BCUT2D eigenvalue weighted by Crippen LogP contribution is 2.48. The maximum atomic E-state index is 6.63. The molecule has 4 aliphatic heterocycles. The van der Waals surface area contributed by atoms with E-state index in [9.17, 15) is 0 Å². The second-order valence-electron chi connectivity index (χ2n) is 8.98. The number of hydrogen-bond donors (Lipinski definition) is 1. The lowest BCUT2D eigenvalue weighted by atomic mass is 9.68. The third-order valence-electron chi connectivity index (χ3n) is 7.70. The zero-order valence-electron chi connectivity index (χ0n) is 15.7. The maximum Gasteiger partial charge on any atom is 0.134 e. The molecule has 1 aromatic heterocycles. The second-order valence-corrected chi connectivity index (χ2v) is 9.42. The monoisotopic (exact) mass is 382 g/mol. The minimum Gasteiger partial charge on any atom is -0.398 e. The van der Waals surface area contributed by atoms with E-state index >= 15 is 0 Å². The fourth-order valence-corrected chi connectivity index (χ4v) is 6.84. The highest BCUT2D eigenvalue weighted by Gasteiger charge is 2.50. The van der Waals surface area contributed by atoms with Gasteiger partial charge in [0.15, 0.2) is 0 Å². The van der Waals surface area contributed by atoms with Gasteiger partial charge in [0.2, 0.25) is 0 Å². The number of rotatable bonds is 0. The van der Waals surface area contributed by atoms with Gasteiger partial charge in [0.1, 0.15) is 5.82 Å². The number of piperidine rings is 3. The summed E-state index contributed by atoms with van der Waals surface area (Å²) in [5.74, 6) is 2.75. The van der Waals surface area contributed by atoms with Crippen LogP contribution in [0, 0.1) is 11.8 Å². The van der Waals surface area contributed by atoms with Gasteiger partial charge in [-0.05, 0) is 81.6 Å². The summed E-state index contributed by atoms with van der Waals surface area (Å²) in [7, 11) is 0. The molecule has 0 amide bonds. The molecule has 5 heterocycles. The molecule has 0 unspecified atom stereocenters. The Labute approximate surface area is 165 Å². The number of nitrogens with two attached hydrogens (primary N) is 1. The Hall–Kier alpha value is -1.52. The molecule has 142 valence electrons. The van der Waals surface area contributed by atoms with Gasteiger partial charge in [0.25, 0.3) is 0 Å². The third-order valence-corrected chi connectivity index (χ3v) is 7.94. The van der Waals surface area contributed by atoms with E-state index in [1.54, 1.807) is 0 Å². The van der Waals surface area contributed by atoms with Crippen molar-refractivity contribution in [3.8, 4) is 0 Å². The quantitative estimate of drug-likeness (QED) is 0.745. The summed E-state index contributed by atoms with van der Waals surface area (Å²) in [5.41, 5.74) is 9.76. The predicted molar refractivity (Wildman–Crippen MR) is 111 cm³/mol. The van der Waals surface area contributed by atoms with Crippen molar-refractivity contribution in [2.75, 3.05) is 30.3 Å². The van der Waals surface area contributed by atoms with E-state index in [0.29, 0.717) is 6.04 Å². The SMILES string of the molecule is Nc1c2c(nc3ccc(Cl)cc13)N1C[C@@H]3CCCN4CCC[C@@H]([C@H]34)[C@H]1CC2. The molecule has 6 rings (SSSR count). The summed E-state index contributed by atoms with van der Waals surface area (Å²) in [4.78, 5) is 10.6. The van der Waals surface area contributed by atoms with Crippen molar-refractivity contribution >= 4 is 34.0 Å². The fourth-order valence-electron chi connectivity index (χ4n) is 6.67. The van der Waals surface area contributed by atoms with Crippen LogP contribution in [0.3, 0.4) is 0 Å². The molecule has 4 nitrogen and oxygen atoms in total. The van der Waals surface area contributed by atoms with Gasteiger partial charge in [-0.2, -0.15) is 0 Å². The van der Waals surface area contributed by atoms with Crippen molar-refractivity contribution in [1.29, 1.82) is 0 Å². The topological polar surface area (TPSA) is 45.4 Å². The lowest BCUT2D eigenvalue weighted by molar-refractivity contribution is -0.0142. The molecule has 2 aromatic rings. The molecule has 5 heteroatoms. The molecular weight excluding hydrogens is 356 g/mol. The molecule has 0 spiro atoms. The van der Waals surface area contributed by atoms with E-state index in [0.717, 1.165) is 52.5 Å². The Morgan fingerprint density at radius 2 is 1.96 bits per heavy atom. The number of nitrogen functional groups attached to an aromatic ring is 1. The maximum absolute atomic E-state index is 6.63. The van der Waals surface area contributed by atoms with Gasteiger partial charge in [0, 0.05) is 40.3 Å². The van der Waals surface area contributed by atoms with Crippen molar-refractivity contribution in [1.82, 2.24) is 9.88 Å². The second kappa shape index (κ2) is 5.99. The number of anilines is 2. The Bertz CT molecular complexity index is 911. The molecule has 0 radical (unpaired) electrons. The van der Waals surface area contributed by atoms with Crippen LogP contribution in [0.15, 0.2) is 18.2 Å². The molecule has 4 aliphatic rings. The van der Waals surface area contributed by atoms with Crippen LogP contribution in [0.4, 0.5) is 11.5 Å². The van der Waals surface area contributed by atoms with E-state index in [4.69, 9.17) is 22.3 Å². The van der Waals surface area contributed by atoms with E-state index in [2.05, 4.69) is 9.80 Å². The highest BCUT2D eigenvalue weighted by molar-refractivity contribution is 6.31. The Balaban J connectivity index is 1.47. The molecule has 0 saturated carbocycles. The molecule has 0 bridgehead atoms. The van der Waals surface area contributed by atoms with Crippen molar-refractivity contribution in [3.05, 3.63) is 28.8 Å². The lowest BCUT2D eigenvalue weighted by Gasteiger charge is -2.59. The molecule has 2 N–H and O–H groups in total. The average Bonchev–Trinajstić information content (AvgIpc) is 2.69. The fraction of sp³-hybridized carbons (Fsp3) is 0.591. The summed E-state index contributed by atoms with van der Waals surface area (Å²) in [6.07, 6.45) is 7.72. The van der Waals surface area contributed by atoms with Crippen LogP contribution >= 0.6 is 11.6 Å². The number of halogens is 1. The molecular formula is C22H27ClN4. The Morgan fingerprint density at radius 1 is 1.11 bits per heavy atom. The summed E-state index contributed by atoms with van der Waals surface area (Å²) in [6.45, 7) is 3.79. The number of nitrogens with zero attached hydrogens (tertiary/aromatic N) is 3. The standard InChI is InChI=1S/C22H27ClN4/c23-14-5-7-18-17(11-14)20(24)16-6-8-19-15-4-2-10-26-9-1-3-13(21(15)26)12-27(19)22(16)25-18/h5,7,11,13,15,19,21H,1-4,6,8-10,12H2,(H2,24,25)/t13-,15+,19+,21-/m0/s1. The van der Waals surface area contributed by atoms with Crippen LogP contribution < -0.4 is 10.6 Å². The number of aromatic nitrogens is 1. The first-order valence-corrected chi connectivity index (χ1v) is 11.0. The van der Waals surface area contributed by atoms with Crippen LogP contribution in [0.25, 0.3) is 10.9 Å². The Kier molecular flexibility index (Phi) is 3.64. The van der Waals surface area contributed by atoms with Gasteiger partial charge in [-0.25, -0.2) is 4.98 Å². The highest BCUT2D eigenvalue weighted by atomic mass is 35.5.